The Morgan fingerprint density at radius 3 is 2.64 bits per heavy atom. The Bertz CT molecular complexity index is 1490. The summed E-state index contributed by atoms with van der Waals surface area (Å²) in [5.41, 5.74) is 3.42. The van der Waals surface area contributed by atoms with Gasteiger partial charge in [0.25, 0.3) is 5.69 Å². The molecular weight excluding hydrogens is 575 g/mol. The van der Waals surface area contributed by atoms with Gasteiger partial charge in [-0.1, -0.05) is 0 Å². The maximum Gasteiger partial charge on any atom is 0.269 e. The lowest BCUT2D eigenvalue weighted by molar-refractivity contribution is -0.384. The number of rotatable bonds is 9. The van der Waals surface area contributed by atoms with Crippen LogP contribution in [0.25, 0.3) is 22.7 Å². The molecule has 1 heterocycles. The number of nitrogens with one attached hydrogen (secondary N) is 1. The van der Waals surface area contributed by atoms with Crippen LogP contribution in [-0.4, -0.2) is 28.6 Å². The standard InChI is InChI=1S/C26H21IN4O5/c1-3-35-24-12-17(10-18(14-28)26-29-22-9-8-20(34-2)13-23(22)30-26)11-21(27)25(24)36-15-16-4-6-19(7-5-16)31(32)33/h4-13H,3,15H2,1-2H3,(H,29,30)/b18-10-. The molecule has 0 spiro atoms. The number of hydrogen-bond donors (Lipinski definition) is 1. The molecule has 36 heavy (non-hydrogen) atoms. The number of H-pyrrole nitrogens is 1. The van der Waals surface area contributed by atoms with Crippen LogP contribution in [0.15, 0.2) is 54.6 Å². The highest BCUT2D eigenvalue weighted by Gasteiger charge is 2.15. The average Bonchev–Trinajstić information content (AvgIpc) is 3.30. The van der Waals surface area contributed by atoms with Crippen molar-refractivity contribution in [1.29, 1.82) is 5.26 Å². The van der Waals surface area contributed by atoms with Gasteiger partial charge in [0, 0.05) is 18.2 Å². The molecule has 3 aromatic carbocycles. The third-order valence-electron chi connectivity index (χ3n) is 5.24. The summed E-state index contributed by atoms with van der Waals surface area (Å²) in [6, 6.07) is 17.6. The van der Waals surface area contributed by atoms with Crippen molar-refractivity contribution in [3.8, 4) is 23.3 Å². The molecule has 4 rings (SSSR count). The number of nitrogens with zero attached hydrogens (tertiary/aromatic N) is 3. The zero-order valence-electron chi connectivity index (χ0n) is 19.4. The Morgan fingerprint density at radius 2 is 1.97 bits per heavy atom. The molecule has 0 saturated heterocycles. The molecule has 0 saturated carbocycles. The van der Waals surface area contributed by atoms with E-state index in [4.69, 9.17) is 14.2 Å². The number of halogens is 1. The minimum Gasteiger partial charge on any atom is -0.497 e. The predicted molar refractivity (Wildman–Crippen MR) is 144 cm³/mol. The van der Waals surface area contributed by atoms with Gasteiger partial charge in [0.05, 0.1) is 38.8 Å². The molecule has 1 N–H and O–H groups in total. The first kappa shape index (κ1) is 25.0. The fourth-order valence-electron chi connectivity index (χ4n) is 3.51. The summed E-state index contributed by atoms with van der Waals surface area (Å²) >= 11 is 2.16. The van der Waals surface area contributed by atoms with Crippen molar-refractivity contribution in [2.24, 2.45) is 0 Å². The topological polar surface area (TPSA) is 123 Å². The van der Waals surface area contributed by atoms with Gasteiger partial charge in [-0.2, -0.15) is 5.26 Å². The summed E-state index contributed by atoms with van der Waals surface area (Å²) in [6.07, 6.45) is 1.74. The Kier molecular flexibility index (Phi) is 7.70. The van der Waals surface area contributed by atoms with E-state index in [-0.39, 0.29) is 12.3 Å². The number of allylic oxidation sites excluding steroid dienone is 1. The molecule has 0 aliphatic rings. The Hall–Kier alpha value is -4.11. The van der Waals surface area contributed by atoms with E-state index >= 15 is 0 Å². The molecule has 182 valence electrons. The number of nitro benzene ring substituents is 1. The van der Waals surface area contributed by atoms with Crippen LogP contribution in [0.5, 0.6) is 17.2 Å². The number of aromatic amines is 1. The number of ether oxygens (including phenoxy) is 3. The SMILES string of the molecule is CCOc1cc(/C=C(/C#N)c2nc3ccc(OC)cc3[nH]2)cc(I)c1OCc1ccc([N+](=O)[O-])cc1. The molecule has 0 aliphatic carbocycles. The van der Waals surface area contributed by atoms with Crippen LogP contribution >= 0.6 is 22.6 Å². The van der Waals surface area contributed by atoms with E-state index in [9.17, 15) is 15.4 Å². The number of benzene rings is 3. The van der Waals surface area contributed by atoms with Gasteiger partial charge in [-0.3, -0.25) is 10.1 Å². The lowest BCUT2D eigenvalue weighted by atomic mass is 10.1. The van der Waals surface area contributed by atoms with Crippen molar-refractivity contribution < 1.29 is 19.1 Å². The summed E-state index contributed by atoms with van der Waals surface area (Å²) in [4.78, 5) is 18.1. The second kappa shape index (κ2) is 11.1. The van der Waals surface area contributed by atoms with Gasteiger partial charge in [0.2, 0.25) is 0 Å². The summed E-state index contributed by atoms with van der Waals surface area (Å²) in [5.74, 6) is 2.24. The zero-order chi connectivity index (χ0) is 25.7. The van der Waals surface area contributed by atoms with Crippen LogP contribution in [0.3, 0.4) is 0 Å². The first-order valence-corrected chi connectivity index (χ1v) is 12.0. The summed E-state index contributed by atoms with van der Waals surface area (Å²) in [7, 11) is 1.59. The van der Waals surface area contributed by atoms with Gasteiger partial charge >= 0.3 is 0 Å². The van der Waals surface area contributed by atoms with Crippen LogP contribution in [0.1, 0.15) is 23.9 Å². The van der Waals surface area contributed by atoms with E-state index in [1.54, 1.807) is 31.4 Å². The van der Waals surface area contributed by atoms with Gasteiger partial charge in [0.15, 0.2) is 11.5 Å². The number of methoxy groups -OCH3 is 1. The van der Waals surface area contributed by atoms with E-state index < -0.39 is 4.92 Å². The molecule has 0 bridgehead atoms. The van der Waals surface area contributed by atoms with Crippen molar-refractivity contribution in [3.63, 3.8) is 0 Å². The average molecular weight is 596 g/mol. The van der Waals surface area contributed by atoms with Crippen LogP contribution in [0, 0.1) is 25.0 Å². The third kappa shape index (κ3) is 5.58. The van der Waals surface area contributed by atoms with Crippen molar-refractivity contribution in [2.45, 2.75) is 13.5 Å². The minimum absolute atomic E-state index is 0.0244. The van der Waals surface area contributed by atoms with Crippen molar-refractivity contribution in [3.05, 3.63) is 85.2 Å². The van der Waals surface area contributed by atoms with Crippen molar-refractivity contribution >= 4 is 51.0 Å². The van der Waals surface area contributed by atoms with Gasteiger partial charge in [-0.05, 0) is 83.1 Å². The van der Waals surface area contributed by atoms with Crippen LogP contribution in [0.2, 0.25) is 0 Å². The lowest BCUT2D eigenvalue weighted by Gasteiger charge is -2.15. The van der Waals surface area contributed by atoms with Gasteiger partial charge in [0.1, 0.15) is 24.3 Å². The molecule has 0 unspecified atom stereocenters. The highest BCUT2D eigenvalue weighted by molar-refractivity contribution is 14.1. The number of fused-ring (bicyclic) bond motifs is 1. The van der Waals surface area contributed by atoms with E-state index in [1.165, 1.54) is 12.1 Å². The smallest absolute Gasteiger partial charge is 0.269 e. The third-order valence-corrected chi connectivity index (χ3v) is 6.04. The van der Waals surface area contributed by atoms with Crippen molar-refractivity contribution in [2.75, 3.05) is 13.7 Å². The summed E-state index contributed by atoms with van der Waals surface area (Å²) in [6.45, 7) is 2.52. The quantitative estimate of drug-likeness (QED) is 0.107. The highest BCUT2D eigenvalue weighted by atomic mass is 127. The fourth-order valence-corrected chi connectivity index (χ4v) is 4.29. The Labute approximate surface area is 220 Å². The second-order valence-electron chi connectivity index (χ2n) is 7.61. The van der Waals surface area contributed by atoms with Gasteiger partial charge in [-0.15, -0.1) is 0 Å². The number of aromatic nitrogens is 2. The number of nitriles is 1. The van der Waals surface area contributed by atoms with Crippen LogP contribution in [0.4, 0.5) is 5.69 Å². The minimum atomic E-state index is -0.440. The summed E-state index contributed by atoms with van der Waals surface area (Å²) in [5, 5.41) is 20.7. The molecule has 0 atom stereocenters. The molecule has 4 aromatic rings. The van der Waals surface area contributed by atoms with Gasteiger partial charge < -0.3 is 19.2 Å². The molecule has 0 amide bonds. The number of imidazole rings is 1. The maximum absolute atomic E-state index is 10.9. The maximum atomic E-state index is 10.9. The Morgan fingerprint density at radius 1 is 1.19 bits per heavy atom. The molecule has 10 heteroatoms. The Balaban J connectivity index is 1.62. The first-order valence-electron chi connectivity index (χ1n) is 10.9. The second-order valence-corrected chi connectivity index (χ2v) is 8.78. The fraction of sp³-hybridized carbons (Fsp3) is 0.154. The van der Waals surface area contributed by atoms with E-state index in [0.29, 0.717) is 35.3 Å². The molecule has 1 aromatic heterocycles. The first-order chi connectivity index (χ1) is 17.4. The molecule has 0 radical (unpaired) electrons. The largest absolute Gasteiger partial charge is 0.497 e. The van der Waals surface area contributed by atoms with E-state index in [0.717, 1.165) is 25.7 Å². The monoisotopic (exact) mass is 596 g/mol. The van der Waals surface area contributed by atoms with Crippen LogP contribution in [-0.2, 0) is 6.61 Å². The summed E-state index contributed by atoms with van der Waals surface area (Å²) < 4.78 is 17.9. The normalized spacial score (nSPS) is 11.2. The number of non-ortho nitro benzene ring substituents is 1. The van der Waals surface area contributed by atoms with Crippen molar-refractivity contribution in [1.82, 2.24) is 9.97 Å². The lowest BCUT2D eigenvalue weighted by Crippen LogP contribution is -2.02. The molecule has 0 aliphatic heterocycles. The molecule has 0 fully saturated rings. The highest BCUT2D eigenvalue weighted by Crippen LogP contribution is 2.36. The zero-order valence-corrected chi connectivity index (χ0v) is 21.6. The number of nitro groups is 1. The van der Waals surface area contributed by atoms with Gasteiger partial charge in [-0.25, -0.2) is 4.98 Å². The van der Waals surface area contributed by atoms with E-state index in [2.05, 4.69) is 38.6 Å². The van der Waals surface area contributed by atoms with Crippen LogP contribution < -0.4 is 14.2 Å². The molecular formula is C26H21IN4O5. The van der Waals surface area contributed by atoms with E-state index in [1.807, 2.05) is 31.2 Å². The molecule has 9 nitrogen and oxygen atoms in total. The number of hydrogen-bond acceptors (Lipinski definition) is 7. The predicted octanol–water partition coefficient (Wildman–Crippen LogP) is 6.13.